The number of hydrogen-bond acceptors (Lipinski definition) is 11. The highest BCUT2D eigenvalue weighted by atomic mass is 16.7. The van der Waals surface area contributed by atoms with Crippen molar-refractivity contribution in [1.82, 2.24) is 0 Å². The molecule has 4 fully saturated rings. The number of ether oxygens (including phenoxy) is 5. The van der Waals surface area contributed by atoms with Gasteiger partial charge in [-0.1, -0.05) is 13.8 Å². The Balaban J connectivity index is 1.55. The molecule has 11 heteroatoms. The summed E-state index contributed by atoms with van der Waals surface area (Å²) in [5.74, 6) is -3.52. The molecule has 2 aliphatic heterocycles. The van der Waals surface area contributed by atoms with Gasteiger partial charge in [-0.25, -0.2) is 0 Å². The van der Waals surface area contributed by atoms with Gasteiger partial charge in [0.2, 0.25) is 6.29 Å². The minimum atomic E-state index is -1.30. The van der Waals surface area contributed by atoms with Gasteiger partial charge in [-0.3, -0.25) is 19.2 Å². The summed E-state index contributed by atoms with van der Waals surface area (Å²) in [4.78, 5) is 52.3. The van der Waals surface area contributed by atoms with E-state index in [2.05, 4.69) is 0 Å². The third-order valence-electron chi connectivity index (χ3n) is 9.45. The number of carbonyl (C=O) groups excluding carboxylic acids is 4. The van der Waals surface area contributed by atoms with Crippen molar-refractivity contribution in [3.63, 3.8) is 0 Å². The largest absolute Gasteiger partial charge is 0.462 e. The summed E-state index contributed by atoms with van der Waals surface area (Å²) >= 11 is 0. The molecule has 0 aromatic carbocycles. The molecule has 3 saturated carbocycles. The van der Waals surface area contributed by atoms with Gasteiger partial charge in [0.1, 0.15) is 12.2 Å². The van der Waals surface area contributed by atoms with Crippen LogP contribution in [0, 0.1) is 34.5 Å². The Morgan fingerprint density at radius 1 is 1.00 bits per heavy atom. The van der Waals surface area contributed by atoms with E-state index in [1.165, 1.54) is 34.0 Å². The molecule has 1 spiro atoms. The fraction of sp³-hybridized carbons (Fsp3) is 0.800. The number of hydrogen-bond donors (Lipinski definition) is 2. The molecule has 2 N–H and O–H groups in total. The highest BCUT2D eigenvalue weighted by molar-refractivity contribution is 5.82. The molecule has 0 unspecified atom stereocenters. The average molecular weight is 579 g/mol. The van der Waals surface area contributed by atoms with Gasteiger partial charge < -0.3 is 33.9 Å². The summed E-state index contributed by atoms with van der Waals surface area (Å²) in [6, 6.07) is 0. The van der Waals surface area contributed by atoms with E-state index in [1.807, 2.05) is 13.8 Å². The van der Waals surface area contributed by atoms with Crippen LogP contribution < -0.4 is 0 Å². The minimum absolute atomic E-state index is 0.0767. The van der Waals surface area contributed by atoms with Crippen molar-refractivity contribution in [3.05, 3.63) is 11.8 Å². The molecule has 0 radical (unpaired) electrons. The first kappa shape index (κ1) is 29.8. The first-order chi connectivity index (χ1) is 18.9. The van der Waals surface area contributed by atoms with Crippen molar-refractivity contribution in [2.45, 2.75) is 116 Å². The minimum Gasteiger partial charge on any atom is -0.462 e. The zero-order chi connectivity index (χ0) is 30.3. The van der Waals surface area contributed by atoms with Gasteiger partial charge in [-0.2, -0.15) is 0 Å². The normalized spacial score (nSPS) is 38.5. The lowest BCUT2D eigenvalue weighted by atomic mass is 9.61. The molecule has 11 nitrogen and oxygen atoms in total. The van der Waals surface area contributed by atoms with Crippen LogP contribution in [0.5, 0.6) is 0 Å². The second kappa shape index (κ2) is 9.69. The molecule has 2 heterocycles. The van der Waals surface area contributed by atoms with Gasteiger partial charge >= 0.3 is 23.9 Å². The van der Waals surface area contributed by atoms with Crippen LogP contribution in [0.1, 0.15) is 80.6 Å². The SMILES string of the molecule is CC(C)CC(=O)O[C@H]1OC=C2[C@@H]3OC(=O)[C@@]4(C)[C@H](C[C@]25[C@@H]4[C@@H](OC(=O)CC(C)(C)O)C[C@@H]15)[C@H]3OC(=O)CC(C)(C)O. The summed E-state index contributed by atoms with van der Waals surface area (Å²) in [5, 5.41) is 20.4. The molecule has 5 aliphatic rings. The lowest BCUT2D eigenvalue weighted by Gasteiger charge is -2.51. The van der Waals surface area contributed by atoms with Crippen molar-refractivity contribution in [2.75, 3.05) is 0 Å². The molecule has 9 atom stereocenters. The molecule has 228 valence electrons. The van der Waals surface area contributed by atoms with Gasteiger partial charge in [0.25, 0.3) is 0 Å². The van der Waals surface area contributed by atoms with E-state index in [0.717, 1.165) is 0 Å². The number of rotatable bonds is 9. The maximum atomic E-state index is 13.7. The predicted octanol–water partition coefficient (Wildman–Crippen LogP) is 2.55. The standard InChI is InChI=1S/C30H42O11/c1-14(2)8-19(31)40-25-15-9-18(38-20(32)11-27(3,4)35)24-29(7)16-10-30(15,24)17(13-37-25)23(41-26(29)34)22(16)39-21(33)12-28(5,6)36/h13-16,18,22-25,35-36H,8-12H2,1-7H3/t15-,16+,18-,22+,23-,24+,25+,29-,30+/m0/s1. The Labute approximate surface area is 239 Å². The van der Waals surface area contributed by atoms with Gasteiger partial charge in [0.05, 0.1) is 35.7 Å². The zero-order valence-corrected chi connectivity index (χ0v) is 24.8. The highest BCUT2D eigenvalue weighted by Gasteiger charge is 2.83. The number of esters is 4. The Kier molecular flexibility index (Phi) is 7.05. The summed E-state index contributed by atoms with van der Waals surface area (Å²) in [5.41, 5.74) is -3.92. The van der Waals surface area contributed by atoms with Crippen molar-refractivity contribution < 1.29 is 53.1 Å². The van der Waals surface area contributed by atoms with E-state index in [9.17, 15) is 29.4 Å². The Morgan fingerprint density at radius 2 is 1.61 bits per heavy atom. The number of fused-ring (bicyclic) bond motifs is 3. The predicted molar refractivity (Wildman–Crippen MR) is 140 cm³/mol. The molecule has 5 rings (SSSR count). The molecule has 41 heavy (non-hydrogen) atoms. The number of carbonyl (C=O) groups is 4. The summed E-state index contributed by atoms with van der Waals surface area (Å²) in [6.45, 7) is 11.6. The second-order valence-corrected chi connectivity index (χ2v) is 14.4. The Morgan fingerprint density at radius 3 is 2.20 bits per heavy atom. The fourth-order valence-electron chi connectivity index (χ4n) is 8.20. The van der Waals surface area contributed by atoms with Gasteiger partial charge in [-0.05, 0) is 53.4 Å². The van der Waals surface area contributed by atoms with Crippen molar-refractivity contribution >= 4 is 23.9 Å². The van der Waals surface area contributed by atoms with Crippen molar-refractivity contribution in [3.8, 4) is 0 Å². The summed E-state index contributed by atoms with van der Waals surface area (Å²) in [6.07, 6.45) is -1.60. The van der Waals surface area contributed by atoms with E-state index in [4.69, 9.17) is 23.7 Å². The average Bonchev–Trinajstić information content (AvgIpc) is 3.19. The molecular formula is C30H42O11. The first-order valence-corrected chi connectivity index (χ1v) is 14.5. The van der Waals surface area contributed by atoms with E-state index in [0.29, 0.717) is 12.0 Å². The zero-order valence-electron chi connectivity index (χ0n) is 24.8. The van der Waals surface area contributed by atoms with Crippen LogP contribution in [0.4, 0.5) is 0 Å². The summed E-state index contributed by atoms with van der Waals surface area (Å²) < 4.78 is 29.7. The lowest BCUT2D eigenvalue weighted by Crippen LogP contribution is -2.59. The third kappa shape index (κ3) is 4.92. The van der Waals surface area contributed by atoms with Gasteiger partial charge in [0.15, 0.2) is 6.10 Å². The van der Waals surface area contributed by atoms with Crippen LogP contribution in [-0.4, -0.2) is 69.9 Å². The molecule has 3 aliphatic carbocycles. The fourth-order valence-corrected chi connectivity index (χ4v) is 8.20. The smallest absolute Gasteiger partial charge is 0.313 e. The van der Waals surface area contributed by atoms with Crippen LogP contribution in [-0.2, 0) is 42.9 Å². The first-order valence-electron chi connectivity index (χ1n) is 14.5. The van der Waals surface area contributed by atoms with Crippen LogP contribution in [0.3, 0.4) is 0 Å². The highest BCUT2D eigenvalue weighted by Crippen LogP contribution is 2.77. The van der Waals surface area contributed by atoms with E-state index in [-0.39, 0.29) is 31.6 Å². The molecule has 0 aromatic heterocycles. The molecular weight excluding hydrogens is 536 g/mol. The molecule has 0 aromatic rings. The molecule has 3 bridgehead atoms. The molecule has 1 saturated heterocycles. The van der Waals surface area contributed by atoms with Gasteiger partial charge in [-0.15, -0.1) is 0 Å². The van der Waals surface area contributed by atoms with Crippen LogP contribution in [0.2, 0.25) is 0 Å². The van der Waals surface area contributed by atoms with Crippen LogP contribution in [0.15, 0.2) is 11.8 Å². The molecule has 0 amide bonds. The van der Waals surface area contributed by atoms with Crippen LogP contribution in [0.25, 0.3) is 0 Å². The maximum absolute atomic E-state index is 13.7. The second-order valence-electron chi connectivity index (χ2n) is 14.4. The monoisotopic (exact) mass is 578 g/mol. The Bertz CT molecular complexity index is 1160. The third-order valence-corrected chi connectivity index (χ3v) is 9.45. The van der Waals surface area contributed by atoms with E-state index in [1.54, 1.807) is 6.92 Å². The quantitative estimate of drug-likeness (QED) is 0.306. The van der Waals surface area contributed by atoms with E-state index >= 15 is 0 Å². The van der Waals surface area contributed by atoms with Gasteiger partial charge in [0, 0.05) is 35.2 Å². The summed E-state index contributed by atoms with van der Waals surface area (Å²) in [7, 11) is 0. The van der Waals surface area contributed by atoms with E-state index < -0.39 is 88.3 Å². The Hall–Kier alpha value is -2.66. The maximum Gasteiger partial charge on any atom is 0.313 e. The van der Waals surface area contributed by atoms with Crippen molar-refractivity contribution in [1.29, 1.82) is 0 Å². The van der Waals surface area contributed by atoms with Crippen LogP contribution >= 0.6 is 0 Å². The van der Waals surface area contributed by atoms with Crippen molar-refractivity contribution in [2.24, 2.45) is 34.5 Å². The lowest BCUT2D eigenvalue weighted by molar-refractivity contribution is -0.214. The number of aliphatic hydroxyl groups is 2. The topological polar surface area (TPSA) is 155 Å².